The van der Waals surface area contributed by atoms with Gasteiger partial charge in [0.25, 0.3) is 0 Å². The van der Waals surface area contributed by atoms with Gasteiger partial charge in [-0.2, -0.15) is 0 Å². The topological polar surface area (TPSA) is 9.23 Å². The molecule has 0 saturated carbocycles. The average Bonchev–Trinajstić information content (AvgIpc) is 2.15. The van der Waals surface area contributed by atoms with Gasteiger partial charge >= 0.3 is 0 Å². The number of hydrogen-bond donors (Lipinski definition) is 0. The molecule has 0 amide bonds. The van der Waals surface area contributed by atoms with Crippen molar-refractivity contribution in [1.82, 2.24) is 0 Å². The molecule has 1 aromatic rings. The van der Waals surface area contributed by atoms with Crippen molar-refractivity contribution in [1.29, 1.82) is 0 Å². The van der Waals surface area contributed by atoms with Crippen LogP contribution < -0.4 is 0 Å². The zero-order chi connectivity index (χ0) is 11.3. The fourth-order valence-corrected chi connectivity index (χ4v) is 1.67. The minimum atomic E-state index is 0.491. The molecule has 0 aromatic heterocycles. The van der Waals surface area contributed by atoms with E-state index in [1.54, 1.807) is 0 Å². The van der Waals surface area contributed by atoms with Crippen molar-refractivity contribution in [2.24, 2.45) is 5.92 Å². The van der Waals surface area contributed by atoms with Crippen LogP contribution in [-0.4, -0.2) is 6.61 Å². The van der Waals surface area contributed by atoms with Crippen molar-refractivity contribution in [2.45, 2.75) is 26.9 Å². The van der Waals surface area contributed by atoms with Crippen molar-refractivity contribution >= 4 is 23.2 Å². The predicted octanol–water partition coefficient (Wildman–Crippen LogP) is 4.56. The number of ether oxygens (including phenoxy) is 1. The molecule has 15 heavy (non-hydrogen) atoms. The van der Waals surface area contributed by atoms with Crippen LogP contribution in [0.5, 0.6) is 0 Å². The van der Waals surface area contributed by atoms with Crippen LogP contribution in [0.15, 0.2) is 18.2 Å². The average molecular weight is 247 g/mol. The first kappa shape index (κ1) is 12.8. The van der Waals surface area contributed by atoms with E-state index in [2.05, 4.69) is 13.8 Å². The van der Waals surface area contributed by atoms with Gasteiger partial charge in [0.05, 0.1) is 6.61 Å². The fraction of sp³-hybridized carbons (Fsp3) is 0.500. The second kappa shape index (κ2) is 6.37. The number of halogens is 2. The Morgan fingerprint density at radius 3 is 2.33 bits per heavy atom. The smallest absolute Gasteiger partial charge is 0.0746 e. The van der Waals surface area contributed by atoms with E-state index in [0.29, 0.717) is 22.6 Å². The van der Waals surface area contributed by atoms with Crippen LogP contribution in [0.1, 0.15) is 25.8 Å². The summed E-state index contributed by atoms with van der Waals surface area (Å²) in [6, 6.07) is 5.49. The monoisotopic (exact) mass is 246 g/mol. The molecule has 0 N–H and O–H groups in total. The third-order valence-electron chi connectivity index (χ3n) is 2.15. The lowest BCUT2D eigenvalue weighted by atomic mass is 10.1. The molecule has 3 heteroatoms. The quantitative estimate of drug-likeness (QED) is 0.693. The molecule has 0 radical (unpaired) electrons. The lowest BCUT2D eigenvalue weighted by Crippen LogP contribution is -2.00. The highest BCUT2D eigenvalue weighted by Gasteiger charge is 2.05. The Morgan fingerprint density at radius 1 is 1.20 bits per heavy atom. The molecule has 0 aliphatic carbocycles. The number of hydrogen-bond acceptors (Lipinski definition) is 1. The van der Waals surface area contributed by atoms with Crippen LogP contribution >= 0.6 is 23.2 Å². The zero-order valence-corrected chi connectivity index (χ0v) is 10.6. The van der Waals surface area contributed by atoms with Crippen LogP contribution in [0, 0.1) is 5.92 Å². The first-order valence-corrected chi connectivity index (χ1v) is 5.87. The summed E-state index contributed by atoms with van der Waals surface area (Å²) in [4.78, 5) is 0. The molecular formula is C12H16Cl2O. The summed E-state index contributed by atoms with van der Waals surface area (Å²) in [6.45, 7) is 5.59. The first-order chi connectivity index (χ1) is 7.11. The molecule has 0 spiro atoms. The molecule has 0 aliphatic rings. The van der Waals surface area contributed by atoms with Crippen LogP contribution in [0.4, 0.5) is 0 Å². The summed E-state index contributed by atoms with van der Waals surface area (Å²) in [7, 11) is 0. The summed E-state index contributed by atoms with van der Waals surface area (Å²) in [5.74, 6) is 0.659. The molecular weight excluding hydrogens is 231 g/mol. The second-order valence-corrected chi connectivity index (χ2v) is 4.75. The number of rotatable bonds is 5. The van der Waals surface area contributed by atoms with E-state index in [-0.39, 0.29) is 0 Å². The van der Waals surface area contributed by atoms with Gasteiger partial charge in [-0.25, -0.2) is 0 Å². The Balaban J connectivity index is 2.43. The molecule has 0 bridgehead atoms. The van der Waals surface area contributed by atoms with Gasteiger partial charge in [-0.05, 0) is 24.5 Å². The maximum absolute atomic E-state index is 6.01. The Morgan fingerprint density at radius 2 is 1.80 bits per heavy atom. The van der Waals surface area contributed by atoms with Crippen LogP contribution in [0.3, 0.4) is 0 Å². The predicted molar refractivity (Wildman–Crippen MR) is 65.6 cm³/mol. The summed E-state index contributed by atoms with van der Waals surface area (Å²) < 4.78 is 5.52. The van der Waals surface area contributed by atoms with Crippen molar-refractivity contribution in [3.63, 3.8) is 0 Å². The van der Waals surface area contributed by atoms with Crippen molar-refractivity contribution in [3.8, 4) is 0 Å². The molecule has 1 rings (SSSR count). The summed E-state index contributed by atoms with van der Waals surface area (Å²) in [5, 5.41) is 1.35. The Hall–Kier alpha value is -0.240. The first-order valence-electron chi connectivity index (χ1n) is 5.12. The van der Waals surface area contributed by atoms with E-state index >= 15 is 0 Å². The fourth-order valence-electron chi connectivity index (χ4n) is 1.16. The van der Waals surface area contributed by atoms with Gasteiger partial charge in [-0.15, -0.1) is 0 Å². The van der Waals surface area contributed by atoms with E-state index < -0.39 is 0 Å². The summed E-state index contributed by atoms with van der Waals surface area (Å²) in [6.07, 6.45) is 1.06. The van der Waals surface area contributed by atoms with Gasteiger partial charge < -0.3 is 4.74 Å². The van der Waals surface area contributed by atoms with E-state index in [4.69, 9.17) is 27.9 Å². The third kappa shape index (κ3) is 4.42. The highest BCUT2D eigenvalue weighted by molar-refractivity contribution is 6.35. The van der Waals surface area contributed by atoms with Crippen LogP contribution in [0.25, 0.3) is 0 Å². The molecule has 0 fully saturated rings. The highest BCUT2D eigenvalue weighted by atomic mass is 35.5. The lowest BCUT2D eigenvalue weighted by molar-refractivity contribution is 0.111. The maximum Gasteiger partial charge on any atom is 0.0746 e. The molecule has 0 heterocycles. The molecule has 0 unspecified atom stereocenters. The minimum absolute atomic E-state index is 0.491. The normalized spacial score (nSPS) is 11.0. The van der Waals surface area contributed by atoms with E-state index in [1.165, 1.54) is 0 Å². The molecule has 0 aliphatic heterocycles. The molecule has 84 valence electrons. The Kier molecular flexibility index (Phi) is 5.44. The van der Waals surface area contributed by atoms with Crippen LogP contribution in [-0.2, 0) is 11.3 Å². The SMILES string of the molecule is CC(C)CCOCc1c(Cl)cccc1Cl. The van der Waals surface area contributed by atoms with Gasteiger partial charge in [0.1, 0.15) is 0 Å². The van der Waals surface area contributed by atoms with Gasteiger partial charge in [0, 0.05) is 22.2 Å². The van der Waals surface area contributed by atoms with E-state index in [9.17, 15) is 0 Å². The van der Waals surface area contributed by atoms with Crippen molar-refractivity contribution < 1.29 is 4.74 Å². The Bertz CT molecular complexity index is 290. The van der Waals surface area contributed by atoms with Crippen molar-refractivity contribution in [2.75, 3.05) is 6.61 Å². The highest BCUT2D eigenvalue weighted by Crippen LogP contribution is 2.24. The van der Waals surface area contributed by atoms with Gasteiger partial charge in [-0.3, -0.25) is 0 Å². The molecule has 1 nitrogen and oxygen atoms in total. The van der Waals surface area contributed by atoms with E-state index in [1.807, 2.05) is 18.2 Å². The summed E-state index contributed by atoms with van der Waals surface area (Å²) in [5.41, 5.74) is 0.879. The number of benzene rings is 1. The standard InChI is InChI=1S/C12H16Cl2O/c1-9(2)6-7-15-8-10-11(13)4-3-5-12(10)14/h3-5,9H,6-8H2,1-2H3. The maximum atomic E-state index is 6.01. The van der Waals surface area contributed by atoms with Gasteiger partial charge in [-0.1, -0.05) is 43.1 Å². The zero-order valence-electron chi connectivity index (χ0n) is 9.09. The third-order valence-corrected chi connectivity index (χ3v) is 2.86. The summed E-state index contributed by atoms with van der Waals surface area (Å²) >= 11 is 12.0. The van der Waals surface area contributed by atoms with Gasteiger partial charge in [0.2, 0.25) is 0 Å². The molecule has 0 saturated heterocycles. The molecule has 0 atom stereocenters. The second-order valence-electron chi connectivity index (χ2n) is 3.94. The molecule has 1 aromatic carbocycles. The van der Waals surface area contributed by atoms with Gasteiger partial charge in [0.15, 0.2) is 0 Å². The van der Waals surface area contributed by atoms with E-state index in [0.717, 1.165) is 18.6 Å². The Labute approximate surface area is 101 Å². The van der Waals surface area contributed by atoms with Crippen molar-refractivity contribution in [3.05, 3.63) is 33.8 Å². The lowest BCUT2D eigenvalue weighted by Gasteiger charge is -2.09. The van der Waals surface area contributed by atoms with Crippen LogP contribution in [0.2, 0.25) is 10.0 Å². The minimum Gasteiger partial charge on any atom is -0.377 e. The largest absolute Gasteiger partial charge is 0.377 e.